The van der Waals surface area contributed by atoms with Crippen LogP contribution in [0.15, 0.2) is 53.6 Å². The smallest absolute Gasteiger partial charge is 0.258 e. The van der Waals surface area contributed by atoms with Crippen LogP contribution in [0.3, 0.4) is 0 Å². The summed E-state index contributed by atoms with van der Waals surface area (Å²) in [5.41, 5.74) is 1.80. The second kappa shape index (κ2) is 6.49. The highest BCUT2D eigenvalue weighted by Gasteiger charge is 2.09. The molecule has 0 amide bonds. The van der Waals surface area contributed by atoms with Crippen LogP contribution < -0.4 is 5.56 Å². The van der Waals surface area contributed by atoms with Crippen molar-refractivity contribution in [2.45, 2.75) is 20.0 Å². The van der Waals surface area contributed by atoms with Gasteiger partial charge in [0.1, 0.15) is 5.82 Å². The van der Waals surface area contributed by atoms with Gasteiger partial charge in [0, 0.05) is 18.9 Å². The number of benzene rings is 1. The van der Waals surface area contributed by atoms with Crippen molar-refractivity contribution in [1.29, 1.82) is 0 Å². The zero-order valence-corrected chi connectivity index (χ0v) is 12.5. The molecule has 0 fully saturated rings. The van der Waals surface area contributed by atoms with Crippen molar-refractivity contribution in [3.63, 3.8) is 0 Å². The maximum atomic E-state index is 12.1. The number of nitrogens with one attached hydrogen (secondary N) is 1. The van der Waals surface area contributed by atoms with Crippen LogP contribution in [0.5, 0.6) is 0 Å². The fraction of sp³-hybridized carbons (Fsp3) is 0.235. The number of hydrogen-bond acceptors (Lipinski definition) is 4. The van der Waals surface area contributed by atoms with E-state index in [0.717, 1.165) is 24.2 Å². The summed E-state index contributed by atoms with van der Waals surface area (Å²) in [6, 6.07) is 11.4. The molecular formula is C17H18N4O. The molecule has 0 aliphatic heterocycles. The van der Waals surface area contributed by atoms with Gasteiger partial charge in [-0.15, -0.1) is 0 Å². The Labute approximate surface area is 128 Å². The molecule has 0 saturated heterocycles. The first-order valence-corrected chi connectivity index (χ1v) is 7.35. The first-order chi connectivity index (χ1) is 10.8. The topological polar surface area (TPSA) is 61.9 Å². The molecule has 2 aromatic heterocycles. The number of rotatable bonds is 5. The van der Waals surface area contributed by atoms with Crippen LogP contribution in [0.25, 0.3) is 10.9 Å². The van der Waals surface area contributed by atoms with E-state index in [-0.39, 0.29) is 5.56 Å². The summed E-state index contributed by atoms with van der Waals surface area (Å²) in [5.74, 6) is 0.689. The lowest BCUT2D eigenvalue weighted by Crippen LogP contribution is -2.25. The molecule has 0 bridgehead atoms. The van der Waals surface area contributed by atoms with Crippen molar-refractivity contribution in [2.24, 2.45) is 0 Å². The van der Waals surface area contributed by atoms with E-state index in [0.29, 0.717) is 17.8 Å². The Bertz CT molecular complexity index is 814. The molecule has 1 N–H and O–H groups in total. The maximum absolute atomic E-state index is 12.1. The van der Waals surface area contributed by atoms with E-state index < -0.39 is 0 Å². The van der Waals surface area contributed by atoms with Gasteiger partial charge in [-0.1, -0.05) is 25.1 Å². The van der Waals surface area contributed by atoms with Crippen molar-refractivity contribution in [3.8, 4) is 0 Å². The minimum absolute atomic E-state index is 0.0852. The fourth-order valence-corrected chi connectivity index (χ4v) is 2.45. The number of aromatic amines is 1. The number of para-hydroxylation sites is 1. The standard InChI is InChI=1S/C17H18N4O/c1-2-21(11-13-6-5-9-18-10-13)12-16-19-15-8-4-3-7-14(15)17(22)20-16/h3-10H,2,11-12H2,1H3,(H,19,20,22). The molecule has 3 rings (SSSR count). The van der Waals surface area contributed by atoms with Gasteiger partial charge in [-0.05, 0) is 30.3 Å². The molecule has 5 nitrogen and oxygen atoms in total. The predicted octanol–water partition coefficient (Wildman–Crippen LogP) is 2.34. The summed E-state index contributed by atoms with van der Waals surface area (Å²) in [5, 5.41) is 0.626. The zero-order valence-electron chi connectivity index (χ0n) is 12.5. The van der Waals surface area contributed by atoms with Crippen LogP contribution in [0.2, 0.25) is 0 Å². The number of nitrogens with zero attached hydrogens (tertiary/aromatic N) is 3. The van der Waals surface area contributed by atoms with Crippen molar-refractivity contribution in [1.82, 2.24) is 19.9 Å². The zero-order chi connectivity index (χ0) is 15.4. The molecule has 2 heterocycles. The van der Waals surface area contributed by atoms with E-state index in [4.69, 9.17) is 0 Å². The molecule has 0 saturated carbocycles. The molecule has 3 aromatic rings. The third kappa shape index (κ3) is 3.20. The van der Waals surface area contributed by atoms with Crippen LogP contribution in [-0.2, 0) is 13.1 Å². The van der Waals surface area contributed by atoms with Crippen molar-refractivity contribution in [2.75, 3.05) is 6.54 Å². The van der Waals surface area contributed by atoms with Gasteiger partial charge in [0.05, 0.1) is 17.4 Å². The number of aromatic nitrogens is 3. The van der Waals surface area contributed by atoms with E-state index in [2.05, 4.69) is 26.8 Å². The quantitative estimate of drug-likeness (QED) is 0.784. The Morgan fingerprint density at radius 1 is 1.14 bits per heavy atom. The Kier molecular flexibility index (Phi) is 4.25. The van der Waals surface area contributed by atoms with Gasteiger partial charge in [-0.25, -0.2) is 4.98 Å². The molecular weight excluding hydrogens is 276 g/mol. The van der Waals surface area contributed by atoms with Gasteiger partial charge in [-0.2, -0.15) is 0 Å². The summed E-state index contributed by atoms with van der Waals surface area (Å²) in [6.07, 6.45) is 3.63. The minimum atomic E-state index is -0.0852. The molecule has 0 radical (unpaired) electrons. The van der Waals surface area contributed by atoms with Gasteiger partial charge < -0.3 is 4.98 Å². The van der Waals surface area contributed by atoms with Crippen molar-refractivity contribution < 1.29 is 0 Å². The molecule has 1 aromatic carbocycles. The van der Waals surface area contributed by atoms with Gasteiger partial charge >= 0.3 is 0 Å². The number of hydrogen-bond donors (Lipinski definition) is 1. The summed E-state index contributed by atoms with van der Waals surface area (Å²) in [7, 11) is 0. The highest BCUT2D eigenvalue weighted by atomic mass is 16.1. The van der Waals surface area contributed by atoms with Crippen LogP contribution in [0.1, 0.15) is 18.3 Å². The van der Waals surface area contributed by atoms with Gasteiger partial charge in [0.2, 0.25) is 0 Å². The van der Waals surface area contributed by atoms with Crippen molar-refractivity contribution in [3.05, 3.63) is 70.5 Å². The van der Waals surface area contributed by atoms with Crippen LogP contribution in [0, 0.1) is 0 Å². The molecule has 0 aliphatic rings. The Balaban J connectivity index is 1.83. The number of fused-ring (bicyclic) bond motifs is 1. The normalized spacial score (nSPS) is 11.2. The Hall–Kier alpha value is -2.53. The van der Waals surface area contributed by atoms with Gasteiger partial charge in [0.15, 0.2) is 0 Å². The largest absolute Gasteiger partial charge is 0.309 e. The monoisotopic (exact) mass is 294 g/mol. The Morgan fingerprint density at radius 3 is 2.77 bits per heavy atom. The van der Waals surface area contributed by atoms with Crippen LogP contribution >= 0.6 is 0 Å². The van der Waals surface area contributed by atoms with Gasteiger partial charge in [0.25, 0.3) is 5.56 Å². The lowest BCUT2D eigenvalue weighted by Gasteiger charge is -2.19. The second-order valence-corrected chi connectivity index (χ2v) is 5.19. The first kappa shape index (κ1) is 14.4. The van der Waals surface area contributed by atoms with Crippen LogP contribution in [-0.4, -0.2) is 26.4 Å². The summed E-state index contributed by atoms with van der Waals surface area (Å²) >= 11 is 0. The van der Waals surface area contributed by atoms with E-state index >= 15 is 0 Å². The molecule has 0 aliphatic carbocycles. The molecule has 22 heavy (non-hydrogen) atoms. The highest BCUT2D eigenvalue weighted by Crippen LogP contribution is 2.09. The fourth-order valence-electron chi connectivity index (χ4n) is 2.45. The first-order valence-electron chi connectivity index (χ1n) is 7.35. The Morgan fingerprint density at radius 2 is 2.00 bits per heavy atom. The molecule has 0 spiro atoms. The van der Waals surface area contributed by atoms with E-state index in [1.54, 1.807) is 12.3 Å². The maximum Gasteiger partial charge on any atom is 0.258 e. The summed E-state index contributed by atoms with van der Waals surface area (Å²) in [4.78, 5) is 25.9. The van der Waals surface area contributed by atoms with Crippen LogP contribution in [0.4, 0.5) is 0 Å². The lowest BCUT2D eigenvalue weighted by atomic mass is 10.2. The average Bonchev–Trinajstić information content (AvgIpc) is 2.55. The minimum Gasteiger partial charge on any atom is -0.309 e. The van der Waals surface area contributed by atoms with E-state index in [1.807, 2.05) is 36.5 Å². The van der Waals surface area contributed by atoms with E-state index in [1.165, 1.54) is 0 Å². The third-order valence-corrected chi connectivity index (χ3v) is 3.61. The molecule has 0 unspecified atom stereocenters. The number of H-pyrrole nitrogens is 1. The van der Waals surface area contributed by atoms with E-state index in [9.17, 15) is 4.79 Å². The molecule has 112 valence electrons. The molecule has 0 atom stereocenters. The summed E-state index contributed by atoms with van der Waals surface area (Å²) < 4.78 is 0. The average molecular weight is 294 g/mol. The third-order valence-electron chi connectivity index (χ3n) is 3.61. The van der Waals surface area contributed by atoms with Gasteiger partial charge in [-0.3, -0.25) is 14.7 Å². The SMILES string of the molecule is CCN(Cc1cccnc1)Cc1nc2ccccc2c(=O)[nH]1. The lowest BCUT2D eigenvalue weighted by molar-refractivity contribution is 0.264. The van der Waals surface area contributed by atoms with Crippen molar-refractivity contribution >= 4 is 10.9 Å². The molecule has 5 heteroatoms. The number of pyridine rings is 1. The summed E-state index contributed by atoms with van der Waals surface area (Å²) in [6.45, 7) is 4.34. The second-order valence-electron chi connectivity index (χ2n) is 5.19. The highest BCUT2D eigenvalue weighted by molar-refractivity contribution is 5.77. The predicted molar refractivity (Wildman–Crippen MR) is 86.4 cm³/mol.